The molecule has 0 spiro atoms. The average Bonchev–Trinajstić information content (AvgIpc) is 2.50. The lowest BCUT2D eigenvalue weighted by molar-refractivity contribution is -0.150. The number of benzene rings is 1. The van der Waals surface area contributed by atoms with Gasteiger partial charge in [0.25, 0.3) is 0 Å². The molecule has 0 bridgehead atoms. The van der Waals surface area contributed by atoms with Crippen molar-refractivity contribution in [3.05, 3.63) is 64.4 Å². The van der Waals surface area contributed by atoms with Gasteiger partial charge in [-0.1, -0.05) is 30.3 Å². The highest BCUT2D eigenvalue weighted by molar-refractivity contribution is 9.10. The molecule has 0 radical (unpaired) electrons. The van der Waals surface area contributed by atoms with Crippen molar-refractivity contribution in [1.29, 1.82) is 0 Å². The van der Waals surface area contributed by atoms with Gasteiger partial charge in [0.2, 0.25) is 5.91 Å². The van der Waals surface area contributed by atoms with Crippen LogP contribution in [0.5, 0.6) is 0 Å². The van der Waals surface area contributed by atoms with Gasteiger partial charge in [0.1, 0.15) is 12.7 Å². The van der Waals surface area contributed by atoms with Crippen molar-refractivity contribution >= 4 is 21.8 Å². The fourth-order valence-corrected chi connectivity index (χ4v) is 2.76. The molecule has 1 saturated heterocycles. The number of amides is 1. The monoisotopic (exact) mass is 346 g/mol. The fourth-order valence-electron chi connectivity index (χ4n) is 2.38. The minimum Gasteiger partial charge on any atom is -0.362 e. The van der Waals surface area contributed by atoms with Crippen molar-refractivity contribution in [3.63, 3.8) is 0 Å². The van der Waals surface area contributed by atoms with Gasteiger partial charge in [0.15, 0.2) is 0 Å². The van der Waals surface area contributed by atoms with E-state index < -0.39 is 0 Å². The highest BCUT2D eigenvalue weighted by atomic mass is 79.9. The van der Waals surface area contributed by atoms with Gasteiger partial charge in [-0.05, 0) is 27.6 Å². The van der Waals surface area contributed by atoms with Crippen LogP contribution in [0.25, 0.3) is 0 Å². The molecule has 5 heteroatoms. The Hall–Kier alpha value is -1.72. The molecular weight excluding hydrogens is 332 g/mol. The minimum atomic E-state index is -0.128. The number of hydrogen-bond acceptors (Lipinski definition) is 3. The third kappa shape index (κ3) is 3.49. The van der Waals surface area contributed by atoms with Crippen LogP contribution in [0.15, 0.2) is 53.3 Å². The third-order valence-corrected chi connectivity index (χ3v) is 3.89. The Bertz CT molecular complexity index is 633. The second-order valence-electron chi connectivity index (χ2n) is 5.00. The molecule has 1 aliphatic heterocycles. The first-order valence-electron chi connectivity index (χ1n) is 6.76. The molecule has 2 heterocycles. The van der Waals surface area contributed by atoms with Crippen LogP contribution in [0.3, 0.4) is 0 Å². The highest BCUT2D eigenvalue weighted by Gasteiger charge is 2.27. The molecule has 1 aliphatic rings. The molecule has 1 fully saturated rings. The Balaban J connectivity index is 1.74. The smallest absolute Gasteiger partial charge is 0.249 e. The summed E-state index contributed by atoms with van der Waals surface area (Å²) >= 11 is 3.41. The first kappa shape index (κ1) is 14.2. The van der Waals surface area contributed by atoms with Gasteiger partial charge in [-0.2, -0.15) is 0 Å². The summed E-state index contributed by atoms with van der Waals surface area (Å²) in [4.78, 5) is 18.0. The van der Waals surface area contributed by atoms with E-state index >= 15 is 0 Å². The topological polar surface area (TPSA) is 42.4 Å². The largest absolute Gasteiger partial charge is 0.362 e. The maximum absolute atomic E-state index is 12.0. The normalized spacial score (nSPS) is 18.8. The first-order chi connectivity index (χ1) is 10.2. The Kier molecular flexibility index (Phi) is 4.31. The van der Waals surface area contributed by atoms with E-state index in [1.807, 2.05) is 41.3 Å². The van der Waals surface area contributed by atoms with Crippen LogP contribution in [0.4, 0.5) is 0 Å². The van der Waals surface area contributed by atoms with E-state index in [1.54, 1.807) is 12.4 Å². The summed E-state index contributed by atoms with van der Waals surface area (Å²) in [6, 6.07) is 12.0. The molecule has 1 unspecified atom stereocenters. The number of ether oxygens (including phenoxy) is 1. The van der Waals surface area contributed by atoms with Gasteiger partial charge in [-0.25, -0.2) is 0 Å². The van der Waals surface area contributed by atoms with E-state index in [0.29, 0.717) is 13.1 Å². The van der Waals surface area contributed by atoms with Gasteiger partial charge in [0.05, 0.1) is 6.54 Å². The van der Waals surface area contributed by atoms with E-state index in [4.69, 9.17) is 4.74 Å². The van der Waals surface area contributed by atoms with E-state index in [9.17, 15) is 4.79 Å². The molecule has 1 atom stereocenters. The lowest BCUT2D eigenvalue weighted by atomic mass is 10.1. The molecule has 2 aromatic rings. The molecule has 21 heavy (non-hydrogen) atoms. The lowest BCUT2D eigenvalue weighted by Gasteiger charge is -2.33. The summed E-state index contributed by atoms with van der Waals surface area (Å²) < 4.78 is 6.56. The summed E-state index contributed by atoms with van der Waals surface area (Å²) in [6.45, 7) is 1.27. The van der Waals surface area contributed by atoms with Crippen molar-refractivity contribution in [3.8, 4) is 0 Å². The highest BCUT2D eigenvalue weighted by Crippen LogP contribution is 2.25. The van der Waals surface area contributed by atoms with Crippen molar-refractivity contribution in [2.75, 3.05) is 13.2 Å². The Morgan fingerprint density at radius 2 is 2.10 bits per heavy atom. The molecule has 0 aliphatic carbocycles. The van der Waals surface area contributed by atoms with Crippen LogP contribution < -0.4 is 0 Å². The maximum Gasteiger partial charge on any atom is 0.249 e. The number of pyridine rings is 1. The van der Waals surface area contributed by atoms with Gasteiger partial charge in [0, 0.05) is 29.0 Å². The number of hydrogen-bond donors (Lipinski definition) is 0. The molecule has 1 amide bonds. The number of rotatable bonds is 3. The molecule has 4 nitrogen and oxygen atoms in total. The third-order valence-electron chi connectivity index (χ3n) is 3.46. The average molecular weight is 347 g/mol. The number of nitrogens with zero attached hydrogens (tertiary/aromatic N) is 2. The number of halogens is 1. The van der Waals surface area contributed by atoms with Crippen LogP contribution in [0.1, 0.15) is 17.2 Å². The van der Waals surface area contributed by atoms with Crippen molar-refractivity contribution < 1.29 is 9.53 Å². The van der Waals surface area contributed by atoms with Crippen molar-refractivity contribution in [1.82, 2.24) is 9.88 Å². The molecule has 108 valence electrons. The number of morpholine rings is 1. The number of carbonyl (C=O) groups excluding carboxylic acids is 1. The standard InChI is InChI=1S/C16H15BrN2O2/c17-14-6-13(7-18-8-14)15-10-19(16(20)11-21-15)9-12-4-2-1-3-5-12/h1-8,15H,9-11H2. The first-order valence-corrected chi connectivity index (χ1v) is 7.55. The van der Waals surface area contributed by atoms with E-state index in [1.165, 1.54) is 0 Å². The molecular formula is C16H15BrN2O2. The fraction of sp³-hybridized carbons (Fsp3) is 0.250. The zero-order chi connectivity index (χ0) is 14.7. The number of carbonyl (C=O) groups is 1. The summed E-state index contributed by atoms with van der Waals surface area (Å²) in [6.07, 6.45) is 3.39. The van der Waals surface area contributed by atoms with E-state index in [0.717, 1.165) is 15.6 Å². The lowest BCUT2D eigenvalue weighted by Crippen LogP contribution is -2.42. The van der Waals surface area contributed by atoms with Gasteiger partial charge >= 0.3 is 0 Å². The van der Waals surface area contributed by atoms with Gasteiger partial charge in [-0.15, -0.1) is 0 Å². The van der Waals surface area contributed by atoms with Crippen LogP contribution >= 0.6 is 15.9 Å². The zero-order valence-corrected chi connectivity index (χ0v) is 13.0. The summed E-state index contributed by atoms with van der Waals surface area (Å²) in [5.74, 6) is 0.0260. The Labute approximate surface area is 131 Å². The quantitative estimate of drug-likeness (QED) is 0.857. The maximum atomic E-state index is 12.0. The van der Waals surface area contributed by atoms with Crippen LogP contribution in [-0.2, 0) is 16.1 Å². The van der Waals surface area contributed by atoms with E-state index in [-0.39, 0.29) is 18.6 Å². The molecule has 3 rings (SSSR count). The summed E-state index contributed by atoms with van der Waals surface area (Å²) in [5, 5.41) is 0. The molecule has 1 aromatic heterocycles. The SMILES string of the molecule is O=C1COC(c2cncc(Br)c2)CN1Cc1ccccc1. The molecule has 1 aromatic carbocycles. The second kappa shape index (κ2) is 6.37. The van der Waals surface area contributed by atoms with Crippen molar-refractivity contribution in [2.45, 2.75) is 12.6 Å². The predicted molar refractivity (Wildman–Crippen MR) is 82.5 cm³/mol. The predicted octanol–water partition coefficient (Wildman–Crippen LogP) is 2.94. The molecule has 0 N–H and O–H groups in total. The van der Waals surface area contributed by atoms with Crippen molar-refractivity contribution in [2.24, 2.45) is 0 Å². The van der Waals surface area contributed by atoms with Gasteiger partial charge in [-0.3, -0.25) is 9.78 Å². The zero-order valence-electron chi connectivity index (χ0n) is 11.4. The van der Waals surface area contributed by atoms with Crippen LogP contribution in [0.2, 0.25) is 0 Å². The van der Waals surface area contributed by atoms with Crippen LogP contribution in [0, 0.1) is 0 Å². The Morgan fingerprint density at radius 1 is 1.29 bits per heavy atom. The van der Waals surface area contributed by atoms with E-state index in [2.05, 4.69) is 20.9 Å². The molecule has 0 saturated carbocycles. The summed E-state index contributed by atoms with van der Waals surface area (Å²) in [5.41, 5.74) is 2.11. The summed E-state index contributed by atoms with van der Waals surface area (Å²) in [7, 11) is 0. The minimum absolute atomic E-state index is 0.0260. The van der Waals surface area contributed by atoms with Crippen LogP contribution in [-0.4, -0.2) is 28.9 Å². The Morgan fingerprint density at radius 3 is 2.86 bits per heavy atom. The number of aromatic nitrogens is 1. The van der Waals surface area contributed by atoms with Gasteiger partial charge < -0.3 is 9.64 Å². The second-order valence-corrected chi connectivity index (χ2v) is 5.91.